The Morgan fingerprint density at radius 1 is 1.12 bits per heavy atom. The quantitative estimate of drug-likeness (QED) is 0.798. The number of piperidine rings is 1. The molecule has 7 nitrogen and oxygen atoms in total. The van der Waals surface area contributed by atoms with E-state index in [0.717, 1.165) is 12.8 Å². The number of amides is 2. The number of carbonyl (C=O) groups is 2. The summed E-state index contributed by atoms with van der Waals surface area (Å²) in [4.78, 5) is 25.5. The number of rotatable bonds is 7. The van der Waals surface area contributed by atoms with E-state index < -0.39 is 0 Å². The van der Waals surface area contributed by atoms with Crippen LogP contribution in [-0.2, 0) is 14.3 Å². The highest BCUT2D eigenvalue weighted by Crippen LogP contribution is 2.25. The molecular formula is C17H24N2O5. The van der Waals surface area contributed by atoms with Gasteiger partial charge in [0.2, 0.25) is 5.91 Å². The minimum Gasteiger partial charge on any atom is -0.493 e. The molecular weight excluding hydrogens is 312 g/mol. The van der Waals surface area contributed by atoms with Crippen molar-refractivity contribution in [3.63, 3.8) is 0 Å². The Morgan fingerprint density at radius 2 is 1.79 bits per heavy atom. The summed E-state index contributed by atoms with van der Waals surface area (Å²) in [5.41, 5.74) is 0. The fraction of sp³-hybridized carbons (Fsp3) is 0.529. The molecule has 1 aliphatic heterocycles. The summed E-state index contributed by atoms with van der Waals surface area (Å²) in [6.45, 7) is 1.24. The second kappa shape index (κ2) is 9.12. The van der Waals surface area contributed by atoms with Crippen LogP contribution in [0.25, 0.3) is 0 Å². The van der Waals surface area contributed by atoms with Crippen molar-refractivity contribution in [3.05, 3.63) is 24.3 Å². The molecule has 1 heterocycles. The van der Waals surface area contributed by atoms with Gasteiger partial charge in [-0.15, -0.1) is 0 Å². The predicted octanol–water partition coefficient (Wildman–Crippen LogP) is 0.828. The predicted molar refractivity (Wildman–Crippen MR) is 88.1 cm³/mol. The molecule has 7 heteroatoms. The van der Waals surface area contributed by atoms with Crippen molar-refractivity contribution in [2.45, 2.75) is 18.9 Å². The molecule has 1 N–H and O–H groups in total. The molecule has 0 atom stereocenters. The SMILES string of the molecule is COCC(=O)NC1CCN(C(=O)COc2ccccc2OC)CC1. The number of para-hydroxylation sites is 2. The molecule has 1 saturated heterocycles. The third kappa shape index (κ3) is 5.13. The third-order valence-corrected chi connectivity index (χ3v) is 3.91. The maximum atomic E-state index is 12.3. The molecule has 2 amide bonds. The summed E-state index contributed by atoms with van der Waals surface area (Å²) in [7, 11) is 3.05. The van der Waals surface area contributed by atoms with E-state index in [-0.39, 0.29) is 31.1 Å². The first kappa shape index (κ1) is 18.1. The molecule has 1 aromatic rings. The minimum atomic E-state index is -0.123. The van der Waals surface area contributed by atoms with Crippen LogP contribution < -0.4 is 14.8 Å². The molecule has 1 aromatic carbocycles. The Labute approximate surface area is 141 Å². The van der Waals surface area contributed by atoms with Crippen LogP contribution in [-0.4, -0.2) is 63.3 Å². The van der Waals surface area contributed by atoms with Crippen LogP contribution >= 0.6 is 0 Å². The van der Waals surface area contributed by atoms with Crippen molar-refractivity contribution in [2.75, 3.05) is 40.5 Å². The van der Waals surface area contributed by atoms with Gasteiger partial charge < -0.3 is 24.4 Å². The highest BCUT2D eigenvalue weighted by Gasteiger charge is 2.24. The van der Waals surface area contributed by atoms with E-state index in [9.17, 15) is 9.59 Å². The maximum absolute atomic E-state index is 12.3. The second-order valence-corrected chi connectivity index (χ2v) is 5.60. The molecule has 0 aromatic heterocycles. The topological polar surface area (TPSA) is 77.1 Å². The fourth-order valence-electron chi connectivity index (χ4n) is 2.64. The molecule has 0 unspecified atom stereocenters. The molecule has 0 bridgehead atoms. The third-order valence-electron chi connectivity index (χ3n) is 3.91. The van der Waals surface area contributed by atoms with E-state index in [4.69, 9.17) is 14.2 Å². The summed E-state index contributed by atoms with van der Waals surface area (Å²) in [5.74, 6) is 0.962. The largest absolute Gasteiger partial charge is 0.493 e. The van der Waals surface area contributed by atoms with E-state index in [1.807, 2.05) is 12.1 Å². The average molecular weight is 336 g/mol. The fourth-order valence-corrected chi connectivity index (χ4v) is 2.64. The van der Waals surface area contributed by atoms with Crippen molar-refractivity contribution in [1.29, 1.82) is 0 Å². The zero-order valence-corrected chi connectivity index (χ0v) is 14.1. The van der Waals surface area contributed by atoms with Crippen molar-refractivity contribution < 1.29 is 23.8 Å². The standard InChI is InChI=1S/C17H24N2O5/c1-22-11-16(20)18-13-7-9-19(10-8-13)17(21)12-24-15-6-4-3-5-14(15)23-2/h3-6,13H,7-12H2,1-2H3,(H,18,20). The number of ether oxygens (including phenoxy) is 3. The number of hydrogen-bond acceptors (Lipinski definition) is 5. The van der Waals surface area contributed by atoms with Gasteiger partial charge in [0.15, 0.2) is 18.1 Å². The van der Waals surface area contributed by atoms with E-state index in [1.165, 1.54) is 7.11 Å². The Bertz CT molecular complexity index is 556. The smallest absolute Gasteiger partial charge is 0.260 e. The number of carbonyl (C=O) groups excluding carboxylic acids is 2. The summed E-state index contributed by atoms with van der Waals surface area (Å²) in [5, 5.41) is 2.90. The molecule has 2 rings (SSSR count). The monoisotopic (exact) mass is 336 g/mol. The molecule has 0 spiro atoms. The van der Waals surface area contributed by atoms with Gasteiger partial charge >= 0.3 is 0 Å². The highest BCUT2D eigenvalue weighted by atomic mass is 16.5. The van der Waals surface area contributed by atoms with Crippen molar-refractivity contribution in [3.8, 4) is 11.5 Å². The van der Waals surface area contributed by atoms with Gasteiger partial charge in [0.05, 0.1) is 7.11 Å². The lowest BCUT2D eigenvalue weighted by atomic mass is 10.1. The highest BCUT2D eigenvalue weighted by molar-refractivity contribution is 5.78. The van der Waals surface area contributed by atoms with Crippen LogP contribution in [0.3, 0.4) is 0 Å². The van der Waals surface area contributed by atoms with Crippen molar-refractivity contribution >= 4 is 11.8 Å². The van der Waals surface area contributed by atoms with Crippen LogP contribution in [0.2, 0.25) is 0 Å². The summed E-state index contributed by atoms with van der Waals surface area (Å²) in [6.07, 6.45) is 1.46. The summed E-state index contributed by atoms with van der Waals surface area (Å²) >= 11 is 0. The van der Waals surface area contributed by atoms with Crippen LogP contribution in [0.5, 0.6) is 11.5 Å². The first-order valence-corrected chi connectivity index (χ1v) is 7.96. The van der Waals surface area contributed by atoms with E-state index in [1.54, 1.807) is 24.1 Å². The van der Waals surface area contributed by atoms with Gasteiger partial charge in [-0.2, -0.15) is 0 Å². The van der Waals surface area contributed by atoms with Gasteiger partial charge in [0, 0.05) is 26.2 Å². The van der Waals surface area contributed by atoms with Crippen LogP contribution in [0.1, 0.15) is 12.8 Å². The number of methoxy groups -OCH3 is 2. The number of likely N-dealkylation sites (tertiary alicyclic amines) is 1. The Morgan fingerprint density at radius 3 is 2.42 bits per heavy atom. The average Bonchev–Trinajstić information content (AvgIpc) is 2.60. The Hall–Kier alpha value is -2.28. The number of nitrogens with one attached hydrogen (secondary N) is 1. The van der Waals surface area contributed by atoms with Crippen LogP contribution in [0.15, 0.2) is 24.3 Å². The van der Waals surface area contributed by atoms with Crippen LogP contribution in [0, 0.1) is 0 Å². The lowest BCUT2D eigenvalue weighted by molar-refractivity contribution is -0.134. The van der Waals surface area contributed by atoms with Gasteiger partial charge in [0.1, 0.15) is 6.61 Å². The summed E-state index contributed by atoms with van der Waals surface area (Å²) in [6, 6.07) is 7.32. The molecule has 132 valence electrons. The van der Waals surface area contributed by atoms with E-state index >= 15 is 0 Å². The molecule has 1 aliphatic rings. The maximum Gasteiger partial charge on any atom is 0.260 e. The first-order valence-electron chi connectivity index (χ1n) is 7.96. The number of benzene rings is 1. The van der Waals surface area contributed by atoms with Gasteiger partial charge in [-0.05, 0) is 25.0 Å². The lowest BCUT2D eigenvalue weighted by Crippen LogP contribution is -2.48. The van der Waals surface area contributed by atoms with Crippen LogP contribution in [0.4, 0.5) is 0 Å². The van der Waals surface area contributed by atoms with Gasteiger partial charge in [0.25, 0.3) is 5.91 Å². The van der Waals surface area contributed by atoms with Crippen molar-refractivity contribution in [2.24, 2.45) is 0 Å². The molecule has 0 saturated carbocycles. The van der Waals surface area contributed by atoms with E-state index in [2.05, 4.69) is 5.32 Å². The number of hydrogen-bond donors (Lipinski definition) is 1. The molecule has 0 aliphatic carbocycles. The zero-order chi connectivity index (χ0) is 17.4. The minimum absolute atomic E-state index is 0.0267. The first-order chi connectivity index (χ1) is 11.6. The molecule has 0 radical (unpaired) electrons. The van der Waals surface area contributed by atoms with Gasteiger partial charge in [-0.25, -0.2) is 0 Å². The molecule has 1 fully saturated rings. The zero-order valence-electron chi connectivity index (χ0n) is 14.1. The van der Waals surface area contributed by atoms with E-state index in [0.29, 0.717) is 24.6 Å². The Balaban J connectivity index is 1.75. The summed E-state index contributed by atoms with van der Waals surface area (Å²) < 4.78 is 15.6. The lowest BCUT2D eigenvalue weighted by Gasteiger charge is -2.32. The second-order valence-electron chi connectivity index (χ2n) is 5.60. The number of nitrogens with zero attached hydrogens (tertiary/aromatic N) is 1. The Kier molecular flexibility index (Phi) is 6.87. The van der Waals surface area contributed by atoms with Gasteiger partial charge in [-0.1, -0.05) is 12.1 Å². The van der Waals surface area contributed by atoms with Gasteiger partial charge in [-0.3, -0.25) is 9.59 Å². The van der Waals surface area contributed by atoms with Crippen molar-refractivity contribution in [1.82, 2.24) is 10.2 Å². The normalized spacial score (nSPS) is 15.0. The molecule has 24 heavy (non-hydrogen) atoms.